The number of rotatable bonds is 2. The third kappa shape index (κ3) is 2.04. The third-order valence-electron chi connectivity index (χ3n) is 1.76. The number of H-pyrrole nitrogens is 1. The second-order valence-corrected chi connectivity index (χ2v) is 2.59. The van der Waals surface area contributed by atoms with E-state index in [0.29, 0.717) is 0 Å². The lowest BCUT2D eigenvalue weighted by Gasteiger charge is -2.01. The van der Waals surface area contributed by atoms with E-state index in [2.05, 4.69) is 14.5 Å². The first-order valence-corrected chi connectivity index (χ1v) is 3.99. The first kappa shape index (κ1) is 11.0. The molecule has 0 amide bonds. The molecular weight excluding hydrogens is 202 g/mol. The second kappa shape index (κ2) is 4.41. The van der Waals surface area contributed by atoms with E-state index in [1.807, 2.05) is 0 Å². The van der Waals surface area contributed by atoms with Gasteiger partial charge >= 0.3 is 11.9 Å². The predicted octanol–water partition coefficient (Wildman–Crippen LogP) is -0.0519. The Balaban J connectivity index is 3.30. The lowest BCUT2D eigenvalue weighted by molar-refractivity contribution is 0.0595. The van der Waals surface area contributed by atoms with Crippen LogP contribution in [0.3, 0.4) is 0 Å². The Hall–Kier alpha value is -2.11. The molecule has 0 fully saturated rings. The van der Waals surface area contributed by atoms with E-state index < -0.39 is 17.4 Å². The highest BCUT2D eigenvalue weighted by molar-refractivity contribution is 5.94. The third-order valence-corrected chi connectivity index (χ3v) is 1.76. The normalized spacial score (nSPS) is 9.47. The first-order chi connectivity index (χ1) is 7.11. The van der Waals surface area contributed by atoms with Crippen molar-refractivity contribution in [1.29, 1.82) is 0 Å². The first-order valence-electron chi connectivity index (χ1n) is 3.99. The predicted molar refractivity (Wildman–Crippen MR) is 49.7 cm³/mol. The number of hydrogen-bond donors (Lipinski definition) is 1. The van der Waals surface area contributed by atoms with Gasteiger partial charge in [-0.2, -0.15) is 0 Å². The van der Waals surface area contributed by atoms with Gasteiger partial charge in [-0.15, -0.1) is 0 Å². The van der Waals surface area contributed by atoms with E-state index in [4.69, 9.17) is 0 Å². The summed E-state index contributed by atoms with van der Waals surface area (Å²) in [5.41, 5.74) is -1.19. The van der Waals surface area contributed by atoms with Gasteiger partial charge in [-0.05, 0) is 0 Å². The number of nitrogens with one attached hydrogen (secondary N) is 1. The average molecular weight is 211 g/mol. The molecule has 1 aromatic heterocycles. The molecule has 0 aliphatic carbocycles. The fraction of sp³-hybridized carbons (Fsp3) is 0.222. The number of carbonyl (C=O) groups excluding carboxylic acids is 2. The standard InChI is InChI=1S/C9H9NO5/c1-14-8(12)5-3-10-4-6(7(5)11)9(13)15-2/h3-4H,1-2H3,(H,10,11). The number of ether oxygens (including phenoxy) is 2. The molecule has 0 aromatic carbocycles. The van der Waals surface area contributed by atoms with Crippen LogP contribution in [0.25, 0.3) is 0 Å². The highest BCUT2D eigenvalue weighted by Crippen LogP contribution is 1.97. The molecule has 0 aliphatic heterocycles. The summed E-state index contributed by atoms with van der Waals surface area (Å²) in [6.45, 7) is 0. The van der Waals surface area contributed by atoms with Crippen molar-refractivity contribution in [3.05, 3.63) is 33.7 Å². The summed E-state index contributed by atoms with van der Waals surface area (Å²) in [7, 11) is 2.29. The molecule has 1 aromatic rings. The minimum atomic E-state index is -0.804. The van der Waals surface area contributed by atoms with Gasteiger partial charge in [0.1, 0.15) is 11.1 Å². The van der Waals surface area contributed by atoms with Crippen LogP contribution in [-0.2, 0) is 9.47 Å². The van der Waals surface area contributed by atoms with Crippen LogP contribution in [0, 0.1) is 0 Å². The maximum Gasteiger partial charge on any atom is 0.343 e. The molecule has 6 nitrogen and oxygen atoms in total. The van der Waals surface area contributed by atoms with Gasteiger partial charge in [0, 0.05) is 12.4 Å². The molecule has 0 saturated carbocycles. The highest BCUT2D eigenvalue weighted by atomic mass is 16.5. The Kier molecular flexibility index (Phi) is 3.22. The van der Waals surface area contributed by atoms with Crippen LogP contribution in [0.1, 0.15) is 20.7 Å². The number of carbonyl (C=O) groups is 2. The number of hydrogen-bond acceptors (Lipinski definition) is 5. The van der Waals surface area contributed by atoms with E-state index in [9.17, 15) is 14.4 Å². The van der Waals surface area contributed by atoms with Gasteiger partial charge in [-0.3, -0.25) is 4.79 Å². The van der Waals surface area contributed by atoms with Crippen molar-refractivity contribution in [2.75, 3.05) is 14.2 Å². The molecule has 0 radical (unpaired) electrons. The summed E-state index contributed by atoms with van der Waals surface area (Å²) >= 11 is 0. The van der Waals surface area contributed by atoms with Crippen molar-refractivity contribution in [3.63, 3.8) is 0 Å². The summed E-state index contributed by atoms with van der Waals surface area (Å²) < 4.78 is 8.75. The summed E-state index contributed by atoms with van der Waals surface area (Å²) in [5.74, 6) is -1.61. The Labute approximate surface area is 84.8 Å². The zero-order chi connectivity index (χ0) is 11.4. The summed E-state index contributed by atoms with van der Waals surface area (Å²) in [6, 6.07) is 0. The molecule has 1 rings (SSSR count). The van der Waals surface area contributed by atoms with Crippen LogP contribution in [0.5, 0.6) is 0 Å². The van der Waals surface area contributed by atoms with Crippen molar-refractivity contribution in [1.82, 2.24) is 4.98 Å². The number of pyridine rings is 1. The zero-order valence-corrected chi connectivity index (χ0v) is 8.20. The molecule has 0 saturated heterocycles. The molecule has 0 aliphatic rings. The maximum absolute atomic E-state index is 11.5. The Morgan fingerprint density at radius 3 is 1.80 bits per heavy atom. The number of aromatic nitrogens is 1. The fourth-order valence-electron chi connectivity index (χ4n) is 1.01. The van der Waals surface area contributed by atoms with Gasteiger partial charge in [-0.1, -0.05) is 0 Å². The maximum atomic E-state index is 11.5. The molecular formula is C9H9NO5. The van der Waals surface area contributed by atoms with Gasteiger partial charge in [0.05, 0.1) is 14.2 Å². The Morgan fingerprint density at radius 1 is 1.07 bits per heavy atom. The molecule has 80 valence electrons. The minimum absolute atomic E-state index is 0.236. The second-order valence-electron chi connectivity index (χ2n) is 2.59. The van der Waals surface area contributed by atoms with Crippen molar-refractivity contribution >= 4 is 11.9 Å². The number of methoxy groups -OCH3 is 2. The molecule has 1 heterocycles. The topological polar surface area (TPSA) is 85.5 Å². The van der Waals surface area contributed by atoms with E-state index in [-0.39, 0.29) is 11.1 Å². The van der Waals surface area contributed by atoms with Gasteiger partial charge in [0.2, 0.25) is 5.43 Å². The van der Waals surface area contributed by atoms with Crippen LogP contribution in [0.4, 0.5) is 0 Å². The summed E-state index contributed by atoms with van der Waals surface area (Å²) in [6.07, 6.45) is 2.33. The minimum Gasteiger partial charge on any atom is -0.465 e. The van der Waals surface area contributed by atoms with E-state index in [1.165, 1.54) is 12.4 Å². The quantitative estimate of drug-likeness (QED) is 0.693. The molecule has 0 spiro atoms. The van der Waals surface area contributed by atoms with E-state index in [0.717, 1.165) is 14.2 Å². The van der Waals surface area contributed by atoms with Crippen LogP contribution in [-0.4, -0.2) is 31.1 Å². The van der Waals surface area contributed by atoms with E-state index >= 15 is 0 Å². The van der Waals surface area contributed by atoms with Crippen LogP contribution >= 0.6 is 0 Å². The SMILES string of the molecule is COC(=O)c1c[nH]cc(C(=O)OC)c1=O. The van der Waals surface area contributed by atoms with Gasteiger partial charge in [0.25, 0.3) is 0 Å². The van der Waals surface area contributed by atoms with Crippen LogP contribution in [0.2, 0.25) is 0 Å². The molecule has 15 heavy (non-hydrogen) atoms. The fourth-order valence-corrected chi connectivity index (χ4v) is 1.01. The monoisotopic (exact) mass is 211 g/mol. The number of aromatic amines is 1. The summed E-state index contributed by atoms with van der Waals surface area (Å²) in [5, 5.41) is 0. The van der Waals surface area contributed by atoms with Crippen molar-refractivity contribution in [3.8, 4) is 0 Å². The van der Waals surface area contributed by atoms with Gasteiger partial charge in [-0.25, -0.2) is 9.59 Å². The molecule has 0 unspecified atom stereocenters. The van der Waals surface area contributed by atoms with Crippen LogP contribution in [0.15, 0.2) is 17.2 Å². The molecule has 6 heteroatoms. The van der Waals surface area contributed by atoms with Crippen molar-refractivity contribution in [2.45, 2.75) is 0 Å². The van der Waals surface area contributed by atoms with Gasteiger partial charge in [0.15, 0.2) is 0 Å². The smallest absolute Gasteiger partial charge is 0.343 e. The van der Waals surface area contributed by atoms with Crippen molar-refractivity contribution in [2.24, 2.45) is 0 Å². The molecule has 0 bridgehead atoms. The highest BCUT2D eigenvalue weighted by Gasteiger charge is 2.17. The molecule has 0 atom stereocenters. The van der Waals surface area contributed by atoms with Crippen molar-refractivity contribution < 1.29 is 19.1 Å². The zero-order valence-electron chi connectivity index (χ0n) is 8.20. The van der Waals surface area contributed by atoms with Gasteiger partial charge < -0.3 is 14.5 Å². The largest absolute Gasteiger partial charge is 0.465 e. The Morgan fingerprint density at radius 2 is 1.47 bits per heavy atom. The molecule has 1 N–H and O–H groups in total. The Bertz CT molecular complexity index is 411. The lowest BCUT2D eigenvalue weighted by Crippen LogP contribution is -2.23. The average Bonchev–Trinajstić information content (AvgIpc) is 2.27. The van der Waals surface area contributed by atoms with Crippen LogP contribution < -0.4 is 5.43 Å². The lowest BCUT2D eigenvalue weighted by atomic mass is 10.2. The summed E-state index contributed by atoms with van der Waals surface area (Å²) in [4.78, 5) is 36.3. The number of esters is 2. The van der Waals surface area contributed by atoms with E-state index in [1.54, 1.807) is 0 Å².